The lowest BCUT2D eigenvalue weighted by atomic mass is 9.56. The molecule has 6 nitrogen and oxygen atoms in total. The molecule has 35 heavy (non-hydrogen) atoms. The quantitative estimate of drug-likeness (QED) is 0.309. The van der Waals surface area contributed by atoms with E-state index in [0.717, 1.165) is 73.7 Å². The van der Waals surface area contributed by atoms with Crippen LogP contribution in [0.4, 0.5) is 0 Å². The van der Waals surface area contributed by atoms with Crippen LogP contribution in [0.5, 0.6) is 5.75 Å². The van der Waals surface area contributed by atoms with E-state index >= 15 is 0 Å². The van der Waals surface area contributed by atoms with Gasteiger partial charge < -0.3 is 14.7 Å². The van der Waals surface area contributed by atoms with Crippen LogP contribution < -0.4 is 4.74 Å². The molecule has 0 bridgehead atoms. The van der Waals surface area contributed by atoms with Gasteiger partial charge in [-0.05, 0) is 118 Å². The Balaban J connectivity index is 1.61. The molecule has 1 aliphatic heterocycles. The number of carboxylic acid groups (broad SMARTS) is 1. The summed E-state index contributed by atoms with van der Waals surface area (Å²) in [7, 11) is 3.79. The minimum Gasteiger partial charge on any atom is -0.497 e. The Morgan fingerprint density at radius 1 is 1.11 bits per heavy atom. The molecule has 3 aliphatic rings. The second-order valence-electron chi connectivity index (χ2n) is 11.3. The zero-order valence-electron chi connectivity index (χ0n) is 21.0. The molecule has 0 unspecified atom stereocenters. The van der Waals surface area contributed by atoms with Gasteiger partial charge in [0.05, 0.1) is 17.3 Å². The molecule has 0 aromatic heterocycles. The maximum Gasteiger partial charge on any atom is 0.313 e. The largest absolute Gasteiger partial charge is 0.497 e. The highest BCUT2D eigenvalue weighted by Crippen LogP contribution is 2.70. The number of aliphatic carboxylic acids is 1. The van der Waals surface area contributed by atoms with E-state index in [4.69, 9.17) is 4.74 Å². The normalized spacial score (nSPS) is 22.5. The number of piperidine rings is 1. The van der Waals surface area contributed by atoms with Gasteiger partial charge >= 0.3 is 5.97 Å². The number of carboxylic acids is 1. The first kappa shape index (κ1) is 24.6. The zero-order valence-corrected chi connectivity index (χ0v) is 21.8. The molecule has 1 saturated heterocycles. The first-order valence-corrected chi connectivity index (χ1v) is 13.6. The first-order chi connectivity index (χ1) is 16.8. The van der Waals surface area contributed by atoms with Crippen molar-refractivity contribution < 1.29 is 14.6 Å². The van der Waals surface area contributed by atoms with Gasteiger partial charge in [-0.2, -0.15) is 0 Å². The second kappa shape index (κ2) is 9.07. The first-order valence-electron chi connectivity index (χ1n) is 12.8. The summed E-state index contributed by atoms with van der Waals surface area (Å²) < 4.78 is 8.58. The van der Waals surface area contributed by atoms with Gasteiger partial charge in [-0.3, -0.25) is 4.79 Å². The van der Waals surface area contributed by atoms with Crippen molar-refractivity contribution in [1.82, 2.24) is 4.90 Å². The predicted octanol–water partition coefficient (Wildman–Crippen LogP) is 6.27. The van der Waals surface area contributed by atoms with Gasteiger partial charge in [-0.25, -0.2) is 0 Å². The number of benzene rings is 2. The van der Waals surface area contributed by atoms with Crippen molar-refractivity contribution in [1.29, 1.82) is 0 Å². The van der Waals surface area contributed by atoms with Crippen molar-refractivity contribution in [3.63, 3.8) is 0 Å². The molecule has 2 aliphatic carbocycles. The lowest BCUT2D eigenvalue weighted by Crippen LogP contribution is -2.57. The van der Waals surface area contributed by atoms with E-state index in [9.17, 15) is 14.8 Å². The third-order valence-corrected chi connectivity index (χ3v) is 10.7. The van der Waals surface area contributed by atoms with Crippen LogP contribution >= 0.6 is 11.9 Å². The number of rotatable bonds is 10. The number of nitrogens with zero attached hydrogens (tertiary/aromatic N) is 2. The van der Waals surface area contributed by atoms with Crippen LogP contribution in [0.1, 0.15) is 57.4 Å². The molecule has 2 aromatic carbocycles. The average Bonchev–Trinajstić information content (AvgIpc) is 3.77. The molecule has 1 heterocycles. The predicted molar refractivity (Wildman–Crippen MR) is 141 cm³/mol. The van der Waals surface area contributed by atoms with Crippen LogP contribution in [-0.4, -0.2) is 48.0 Å². The smallest absolute Gasteiger partial charge is 0.313 e. The van der Waals surface area contributed by atoms with Crippen LogP contribution in [0.15, 0.2) is 41.0 Å². The molecule has 0 radical (unpaired) electrons. The van der Waals surface area contributed by atoms with Gasteiger partial charge in [0, 0.05) is 16.5 Å². The van der Waals surface area contributed by atoms with E-state index in [1.54, 1.807) is 7.11 Å². The number of likely N-dealkylation sites (tertiary alicyclic amines) is 1. The summed E-state index contributed by atoms with van der Waals surface area (Å²) in [5.74, 6) is 0.910. The van der Waals surface area contributed by atoms with Crippen molar-refractivity contribution in [2.45, 2.75) is 62.0 Å². The lowest BCUT2D eigenvalue weighted by molar-refractivity contribution is -0.145. The Morgan fingerprint density at radius 2 is 1.71 bits per heavy atom. The molecule has 1 atom stereocenters. The van der Waals surface area contributed by atoms with Crippen molar-refractivity contribution in [2.75, 3.05) is 27.2 Å². The molecule has 0 spiro atoms. The number of hydrogen-bond acceptors (Lipinski definition) is 6. The molecule has 5 rings (SSSR count). The van der Waals surface area contributed by atoms with E-state index in [-0.39, 0.29) is 10.2 Å². The minimum atomic E-state index is -1.07. The average molecular weight is 497 g/mol. The monoisotopic (exact) mass is 496 g/mol. The summed E-state index contributed by atoms with van der Waals surface area (Å²) in [5, 5.41) is 12.8. The summed E-state index contributed by atoms with van der Waals surface area (Å²) in [5.41, 5.74) is -0.490. The van der Waals surface area contributed by atoms with E-state index in [0.29, 0.717) is 18.3 Å². The van der Waals surface area contributed by atoms with E-state index < -0.39 is 11.4 Å². The van der Waals surface area contributed by atoms with Gasteiger partial charge in [-0.15, -0.1) is 4.91 Å². The highest BCUT2D eigenvalue weighted by molar-refractivity contribution is 7.99. The number of carbonyl (C=O) groups is 1. The van der Waals surface area contributed by atoms with E-state index in [1.807, 2.05) is 43.3 Å². The van der Waals surface area contributed by atoms with Gasteiger partial charge in [0.1, 0.15) is 5.75 Å². The molecule has 0 amide bonds. The van der Waals surface area contributed by atoms with Crippen molar-refractivity contribution in [3.8, 4) is 5.75 Å². The van der Waals surface area contributed by atoms with Gasteiger partial charge in [-0.1, -0.05) is 24.3 Å². The fourth-order valence-corrected chi connectivity index (χ4v) is 8.32. The lowest BCUT2D eigenvalue weighted by Gasteiger charge is -2.55. The minimum absolute atomic E-state index is 0.248. The standard InChI is InChI=1S/C28H36N2O4S/c1-26(25(31)32,23-6-4-20-17-24(34-3)11-5-19(20)16-23)18-27(12-14-30(2)15-13-27)28(35-29-33,21-7-8-21)22-9-10-22/h4-6,11,16-17,21-22H,7-10,12-15,18H2,1-3H3,(H,31,32)/t26-/m0/s1. The van der Waals surface area contributed by atoms with Crippen LogP contribution in [0.3, 0.4) is 0 Å². The maximum atomic E-state index is 13.1. The maximum absolute atomic E-state index is 13.1. The Labute approximate surface area is 211 Å². The summed E-state index contributed by atoms with van der Waals surface area (Å²) in [6.07, 6.45) is 6.84. The summed E-state index contributed by atoms with van der Waals surface area (Å²) in [6.45, 7) is 3.74. The number of methoxy groups -OCH3 is 1. The molecule has 1 N–H and O–H groups in total. The zero-order chi connectivity index (χ0) is 24.8. The van der Waals surface area contributed by atoms with Gasteiger partial charge in [0.2, 0.25) is 0 Å². The third-order valence-electron chi connectivity index (χ3n) is 9.18. The van der Waals surface area contributed by atoms with Crippen molar-refractivity contribution in [3.05, 3.63) is 46.9 Å². The fourth-order valence-electron chi connectivity index (χ4n) is 6.96. The Morgan fingerprint density at radius 3 is 2.26 bits per heavy atom. The van der Waals surface area contributed by atoms with Crippen LogP contribution in [0.2, 0.25) is 0 Å². The van der Waals surface area contributed by atoms with Crippen LogP contribution in [0.25, 0.3) is 10.8 Å². The SMILES string of the molecule is COc1ccc2cc([C@](C)(CC3(C(SN=O)(C4CC4)C4CC4)CCN(C)CC3)C(=O)O)ccc2c1. The fraction of sp³-hybridized carbons (Fsp3) is 0.607. The molecular weight excluding hydrogens is 460 g/mol. The molecule has 2 aromatic rings. The Kier molecular flexibility index (Phi) is 6.37. The summed E-state index contributed by atoms with van der Waals surface area (Å²) in [6, 6.07) is 11.9. The van der Waals surface area contributed by atoms with Gasteiger partial charge in [0.25, 0.3) is 0 Å². The van der Waals surface area contributed by atoms with Crippen molar-refractivity contribution >= 4 is 28.7 Å². The third kappa shape index (κ3) is 4.14. The van der Waals surface area contributed by atoms with Gasteiger partial charge in [0.15, 0.2) is 0 Å². The van der Waals surface area contributed by atoms with E-state index in [2.05, 4.69) is 16.5 Å². The molecule has 188 valence electrons. The molecule has 7 heteroatoms. The summed E-state index contributed by atoms with van der Waals surface area (Å²) >= 11 is 1.27. The summed E-state index contributed by atoms with van der Waals surface area (Å²) in [4.78, 5) is 27.3. The number of hydrogen-bond donors (Lipinski definition) is 1. The number of fused-ring (bicyclic) bond motifs is 1. The highest BCUT2D eigenvalue weighted by Gasteiger charge is 2.67. The number of ether oxygens (including phenoxy) is 1. The Hall–Kier alpha value is -2.12. The Bertz CT molecular complexity index is 1110. The van der Waals surface area contributed by atoms with E-state index in [1.165, 1.54) is 11.9 Å². The molecule has 2 saturated carbocycles. The molecule has 3 fully saturated rings. The number of nitroso groups, excluding NO2 is 1. The van der Waals surface area contributed by atoms with Crippen LogP contribution in [0, 0.1) is 22.2 Å². The topological polar surface area (TPSA) is 79.2 Å². The van der Waals surface area contributed by atoms with Crippen molar-refractivity contribution in [2.24, 2.45) is 21.8 Å². The highest BCUT2D eigenvalue weighted by atomic mass is 32.2. The van der Waals surface area contributed by atoms with Crippen LogP contribution in [-0.2, 0) is 10.2 Å². The second-order valence-corrected chi connectivity index (χ2v) is 12.3. The molecular formula is C28H36N2O4S.